The van der Waals surface area contributed by atoms with E-state index in [1.807, 2.05) is 0 Å². The van der Waals surface area contributed by atoms with Crippen molar-refractivity contribution in [3.8, 4) is 0 Å². The third-order valence-electron chi connectivity index (χ3n) is 8.37. The van der Waals surface area contributed by atoms with Crippen molar-refractivity contribution in [3.05, 3.63) is 0 Å². The molecule has 3 heteroatoms. The lowest BCUT2D eigenvalue weighted by molar-refractivity contribution is -0.0367. The smallest absolute Gasteiger partial charge is 0.0110 e. The van der Waals surface area contributed by atoms with Crippen LogP contribution in [0.2, 0.25) is 0 Å². The molecule has 4 aliphatic rings. The molecule has 0 atom stereocenters. The van der Waals surface area contributed by atoms with Crippen molar-refractivity contribution >= 4 is 0 Å². The number of nitrogens with zero attached hydrogens (tertiary/aromatic N) is 3. The Balaban J connectivity index is 1.13. The molecule has 3 nitrogen and oxygen atoms in total. The summed E-state index contributed by atoms with van der Waals surface area (Å²) in [5, 5.41) is 0. The summed E-state index contributed by atoms with van der Waals surface area (Å²) < 4.78 is 0. The number of hydrogen-bond acceptors (Lipinski definition) is 3. The minimum atomic E-state index is 0.710. The average Bonchev–Trinajstić information content (AvgIpc) is 3.34. The van der Waals surface area contributed by atoms with Crippen molar-refractivity contribution in [3.63, 3.8) is 0 Å². The number of likely N-dealkylation sites (tertiary alicyclic amines) is 1. The molecule has 1 spiro atoms. The van der Waals surface area contributed by atoms with Gasteiger partial charge >= 0.3 is 0 Å². The molecule has 27 heavy (non-hydrogen) atoms. The maximum Gasteiger partial charge on any atom is 0.0110 e. The molecule has 0 aromatic rings. The zero-order valence-corrected chi connectivity index (χ0v) is 18.7. The number of piperidine rings is 1. The first-order chi connectivity index (χ1) is 12.9. The van der Waals surface area contributed by atoms with Crippen molar-refractivity contribution in [2.45, 2.75) is 78.7 Å². The predicted octanol–water partition coefficient (Wildman–Crippen LogP) is 4.33. The first kappa shape index (κ1) is 20.2. The van der Waals surface area contributed by atoms with E-state index in [2.05, 4.69) is 42.4 Å². The second-order valence-corrected chi connectivity index (χ2v) is 11.6. The van der Waals surface area contributed by atoms with E-state index in [4.69, 9.17) is 0 Å². The van der Waals surface area contributed by atoms with Gasteiger partial charge in [0.2, 0.25) is 0 Å². The predicted molar refractivity (Wildman–Crippen MR) is 115 cm³/mol. The third kappa shape index (κ3) is 4.90. The standard InChI is InChI=1S/C24H45N3/c1-20(2)15-24(5-6-24)19-26-13-11-25(12-14-26)18-22-16-23(17-22)7-9-27(10-8-23)21(3)4/h20-22H,5-19H2,1-4H3. The van der Waals surface area contributed by atoms with Gasteiger partial charge in [0.25, 0.3) is 0 Å². The van der Waals surface area contributed by atoms with Crippen LogP contribution >= 0.6 is 0 Å². The summed E-state index contributed by atoms with van der Waals surface area (Å²) in [7, 11) is 0. The molecule has 2 saturated carbocycles. The Labute approximate surface area is 168 Å². The highest BCUT2D eigenvalue weighted by Gasteiger charge is 2.47. The monoisotopic (exact) mass is 375 g/mol. The van der Waals surface area contributed by atoms with Gasteiger partial charge in [-0.05, 0) is 94.5 Å². The van der Waals surface area contributed by atoms with Crippen molar-refractivity contribution < 1.29 is 0 Å². The summed E-state index contributed by atoms with van der Waals surface area (Å²) in [6.07, 6.45) is 10.4. The molecule has 4 fully saturated rings. The molecule has 4 rings (SSSR count). The van der Waals surface area contributed by atoms with Crippen LogP contribution in [-0.4, -0.2) is 73.1 Å². The average molecular weight is 376 g/mol. The zero-order valence-electron chi connectivity index (χ0n) is 18.7. The van der Waals surface area contributed by atoms with Gasteiger partial charge in [0.15, 0.2) is 0 Å². The van der Waals surface area contributed by atoms with E-state index < -0.39 is 0 Å². The fourth-order valence-electron chi connectivity index (χ4n) is 6.66. The van der Waals surface area contributed by atoms with Gasteiger partial charge in [-0.1, -0.05) is 13.8 Å². The quantitative estimate of drug-likeness (QED) is 0.656. The largest absolute Gasteiger partial charge is 0.301 e. The van der Waals surface area contributed by atoms with E-state index in [1.165, 1.54) is 97.3 Å². The van der Waals surface area contributed by atoms with Gasteiger partial charge in [-0.25, -0.2) is 0 Å². The molecule has 0 aromatic carbocycles. The van der Waals surface area contributed by atoms with Gasteiger partial charge in [-0.15, -0.1) is 0 Å². The van der Waals surface area contributed by atoms with Gasteiger partial charge in [-0.2, -0.15) is 0 Å². The molecule has 2 aliphatic heterocycles. The minimum absolute atomic E-state index is 0.710. The lowest BCUT2D eigenvalue weighted by atomic mass is 9.57. The number of piperazine rings is 1. The maximum absolute atomic E-state index is 2.79. The SMILES string of the molecule is CC(C)CC1(CN2CCN(CC3CC4(CCN(C(C)C)CC4)C3)CC2)CC1. The van der Waals surface area contributed by atoms with Crippen LogP contribution in [0.4, 0.5) is 0 Å². The zero-order chi connectivity index (χ0) is 19.1. The Morgan fingerprint density at radius 1 is 0.778 bits per heavy atom. The van der Waals surface area contributed by atoms with Crippen LogP contribution in [0.1, 0.15) is 72.6 Å². The molecule has 0 bridgehead atoms. The van der Waals surface area contributed by atoms with E-state index in [1.54, 1.807) is 0 Å². The van der Waals surface area contributed by atoms with Crippen LogP contribution in [0.5, 0.6) is 0 Å². The fraction of sp³-hybridized carbons (Fsp3) is 1.00. The van der Waals surface area contributed by atoms with Crippen LogP contribution in [0.15, 0.2) is 0 Å². The second kappa shape index (κ2) is 7.95. The molecule has 0 amide bonds. The molecule has 0 unspecified atom stereocenters. The highest BCUT2D eigenvalue weighted by atomic mass is 15.3. The van der Waals surface area contributed by atoms with Gasteiger partial charge < -0.3 is 14.7 Å². The topological polar surface area (TPSA) is 9.72 Å². The van der Waals surface area contributed by atoms with Crippen molar-refractivity contribution in [1.82, 2.24) is 14.7 Å². The lowest BCUT2D eigenvalue weighted by Crippen LogP contribution is -2.53. The summed E-state index contributed by atoms with van der Waals surface area (Å²) in [6, 6.07) is 0.741. The third-order valence-corrected chi connectivity index (χ3v) is 8.37. The lowest BCUT2D eigenvalue weighted by Gasteiger charge is -2.54. The summed E-state index contributed by atoms with van der Waals surface area (Å²) in [5.41, 5.74) is 1.45. The van der Waals surface area contributed by atoms with E-state index in [0.717, 1.165) is 23.3 Å². The molecule has 2 saturated heterocycles. The van der Waals surface area contributed by atoms with E-state index >= 15 is 0 Å². The molecular formula is C24H45N3. The molecule has 2 aliphatic carbocycles. The van der Waals surface area contributed by atoms with Gasteiger partial charge in [-0.3, -0.25) is 0 Å². The highest BCUT2D eigenvalue weighted by Crippen LogP contribution is 2.53. The number of rotatable bonds is 7. The van der Waals surface area contributed by atoms with Crippen molar-refractivity contribution in [1.29, 1.82) is 0 Å². The first-order valence-corrected chi connectivity index (χ1v) is 12.1. The van der Waals surface area contributed by atoms with E-state index in [0.29, 0.717) is 5.41 Å². The minimum Gasteiger partial charge on any atom is -0.301 e. The van der Waals surface area contributed by atoms with Crippen LogP contribution in [0.3, 0.4) is 0 Å². The summed E-state index contributed by atoms with van der Waals surface area (Å²) >= 11 is 0. The Morgan fingerprint density at radius 2 is 1.37 bits per heavy atom. The maximum atomic E-state index is 2.79. The molecule has 0 aromatic heterocycles. The molecule has 0 N–H and O–H groups in total. The van der Waals surface area contributed by atoms with E-state index in [-0.39, 0.29) is 0 Å². The Bertz CT molecular complexity index is 472. The normalized spacial score (nSPS) is 29.6. The summed E-state index contributed by atoms with van der Waals surface area (Å²) in [4.78, 5) is 8.26. The van der Waals surface area contributed by atoms with Crippen LogP contribution in [0, 0.1) is 22.7 Å². The van der Waals surface area contributed by atoms with Gasteiger partial charge in [0, 0.05) is 45.3 Å². The van der Waals surface area contributed by atoms with Gasteiger partial charge in [0.05, 0.1) is 0 Å². The molecular weight excluding hydrogens is 330 g/mol. The van der Waals surface area contributed by atoms with Crippen molar-refractivity contribution in [2.75, 3.05) is 52.4 Å². The molecule has 156 valence electrons. The molecule has 2 heterocycles. The molecule has 0 radical (unpaired) electrons. The fourth-order valence-corrected chi connectivity index (χ4v) is 6.66. The number of hydrogen-bond donors (Lipinski definition) is 0. The summed E-state index contributed by atoms with van der Waals surface area (Å²) in [5.74, 6) is 1.87. The van der Waals surface area contributed by atoms with Gasteiger partial charge in [0.1, 0.15) is 0 Å². The van der Waals surface area contributed by atoms with Crippen molar-refractivity contribution in [2.24, 2.45) is 22.7 Å². The Kier molecular flexibility index (Phi) is 5.94. The van der Waals surface area contributed by atoms with Crippen LogP contribution < -0.4 is 0 Å². The van der Waals surface area contributed by atoms with E-state index in [9.17, 15) is 0 Å². The Hall–Kier alpha value is -0.120. The summed E-state index contributed by atoms with van der Waals surface area (Å²) in [6.45, 7) is 20.3. The van der Waals surface area contributed by atoms with Crippen LogP contribution in [-0.2, 0) is 0 Å². The first-order valence-electron chi connectivity index (χ1n) is 12.1. The Morgan fingerprint density at radius 3 is 1.89 bits per heavy atom. The second-order valence-electron chi connectivity index (χ2n) is 11.6. The highest BCUT2D eigenvalue weighted by molar-refractivity contribution is 4.99. The van der Waals surface area contributed by atoms with Crippen LogP contribution in [0.25, 0.3) is 0 Å².